The number of nitrogens with one attached hydrogen (secondary N) is 1. The minimum Gasteiger partial charge on any atom is -0.724 e. The Hall–Kier alpha value is -4.94. The lowest BCUT2D eigenvalue weighted by molar-refractivity contribution is -0.929. The quantitative estimate of drug-likeness (QED) is 0.0263. The molecular weight excluding hydrogens is 1180 g/mol. The molecule has 12 rings (SSSR count). The van der Waals surface area contributed by atoms with Crippen LogP contribution in [0.1, 0.15) is 228 Å². The lowest BCUT2D eigenvalue weighted by Gasteiger charge is -2.39. The summed E-state index contributed by atoms with van der Waals surface area (Å²) in [4.78, 5) is 41.5. The highest BCUT2D eigenvalue weighted by molar-refractivity contribution is 7.81. The topological polar surface area (TPSA) is 311 Å². The van der Waals surface area contributed by atoms with Gasteiger partial charge in [0.05, 0.1) is 62.4 Å². The molecule has 7 saturated heterocycles. The largest absolute Gasteiger partial charge is 0.724 e. The van der Waals surface area contributed by atoms with Crippen LogP contribution in [-0.2, 0) is 48.6 Å². The summed E-state index contributed by atoms with van der Waals surface area (Å²) in [5, 5.41) is 27.6. The molecular formula is C60H97N11O15S2. The molecule has 3 N–H and O–H groups in total. The van der Waals surface area contributed by atoms with Gasteiger partial charge in [0.25, 0.3) is 0 Å². The maximum atomic E-state index is 12.4. The predicted octanol–water partition coefficient (Wildman–Crippen LogP) is 9.98. The van der Waals surface area contributed by atoms with Gasteiger partial charge < -0.3 is 42.6 Å². The van der Waals surface area contributed by atoms with Crippen molar-refractivity contribution in [3.05, 3.63) is 52.6 Å². The summed E-state index contributed by atoms with van der Waals surface area (Å²) in [6.07, 6.45) is 28.9. The number of rotatable bonds is 28. The Labute approximate surface area is 519 Å². The third-order valence-corrected chi connectivity index (χ3v) is 20.4. The number of hydroxylamine groups is 6. The molecule has 28 heteroatoms. The van der Waals surface area contributed by atoms with Crippen molar-refractivity contribution in [2.45, 2.75) is 231 Å². The van der Waals surface area contributed by atoms with Crippen LogP contribution in [-0.4, -0.2) is 176 Å². The molecule has 6 amide bonds. The first-order valence-corrected chi connectivity index (χ1v) is 35.7. The fraction of sp³-hybridized carbons (Fsp3) is 0.800. The third-order valence-electron chi connectivity index (χ3n) is 19.7. The van der Waals surface area contributed by atoms with Crippen LogP contribution in [0.3, 0.4) is 0 Å². The summed E-state index contributed by atoms with van der Waals surface area (Å²) >= 11 is 0. The highest BCUT2D eigenvalue weighted by atomic mass is 32.3. The maximum absolute atomic E-state index is 12.4. The molecule has 0 aromatic carbocycles. The van der Waals surface area contributed by atoms with E-state index in [0.717, 1.165) is 103 Å². The first-order chi connectivity index (χ1) is 42.3. The van der Waals surface area contributed by atoms with E-state index in [-0.39, 0.29) is 30.2 Å². The van der Waals surface area contributed by atoms with Crippen molar-refractivity contribution in [2.75, 3.05) is 58.9 Å². The summed E-state index contributed by atoms with van der Waals surface area (Å²) < 4.78 is 89.5. The zero-order valence-electron chi connectivity index (χ0n) is 52.2. The van der Waals surface area contributed by atoms with E-state index in [4.69, 9.17) is 18.1 Å². The Kier molecular flexibility index (Phi) is 23.7. The molecule has 494 valence electrons. The van der Waals surface area contributed by atoms with Gasteiger partial charge in [0.1, 0.15) is 34.4 Å². The third kappa shape index (κ3) is 17.6. The van der Waals surface area contributed by atoms with Gasteiger partial charge in [-0.25, -0.2) is 27.9 Å². The van der Waals surface area contributed by atoms with Crippen LogP contribution in [0.4, 0.5) is 14.4 Å². The number of carbonyl (C=O) groups excluding carboxylic acids is 3. The van der Waals surface area contributed by atoms with Crippen LogP contribution in [0.2, 0.25) is 0 Å². The lowest BCUT2D eigenvalue weighted by atomic mass is 9.82. The SMILES string of the molecule is CCCC[N+](CCCC)(CCCC)CCCC.O=C1N(O)[C@@H]2CC[C@@H](c3cc(CCC4CCC4)on3)N1C2.O=C1N2C[C@@H](CC[C@H]2c2cc(CCC3CCC3)on2)N1OS(=O)(=O)[O-].O=C1N2C[C@@H](CC[C@H]2c2cc(CCC3CNC3)on2)N1OS(=O)(=O)O. The van der Waals surface area contributed by atoms with E-state index in [9.17, 15) is 41.0 Å². The molecule has 3 aromatic heterocycles. The first-order valence-electron chi connectivity index (χ1n) is 33.0. The lowest BCUT2D eigenvalue weighted by Crippen LogP contribution is -2.50. The van der Waals surface area contributed by atoms with Gasteiger partial charge in [-0.05, 0) is 114 Å². The molecule has 7 aliphatic heterocycles. The summed E-state index contributed by atoms with van der Waals surface area (Å²) in [5.74, 6) is 4.84. The molecule has 0 unspecified atom stereocenters. The number of aromatic nitrogens is 3. The number of piperidine rings is 3. The number of unbranched alkanes of at least 4 members (excludes halogenated alkanes) is 4. The van der Waals surface area contributed by atoms with Crippen molar-refractivity contribution in [1.82, 2.24) is 50.7 Å². The highest BCUT2D eigenvalue weighted by Gasteiger charge is 2.50. The van der Waals surface area contributed by atoms with Crippen molar-refractivity contribution in [1.29, 1.82) is 0 Å². The van der Waals surface area contributed by atoms with E-state index >= 15 is 0 Å². The van der Waals surface area contributed by atoms with E-state index in [0.29, 0.717) is 67.7 Å². The van der Waals surface area contributed by atoms with E-state index in [1.165, 1.54) is 137 Å². The molecule has 2 saturated carbocycles. The number of hydrogen-bond donors (Lipinski definition) is 3. The number of fused-ring (bicyclic) bond motifs is 6. The fourth-order valence-corrected chi connectivity index (χ4v) is 14.6. The van der Waals surface area contributed by atoms with Crippen LogP contribution in [0.5, 0.6) is 0 Å². The zero-order chi connectivity index (χ0) is 62.6. The Bertz CT molecular complexity index is 2790. The number of hydrogen-bond acceptors (Lipinski definition) is 18. The van der Waals surface area contributed by atoms with Gasteiger partial charge in [0, 0.05) is 57.1 Å². The van der Waals surface area contributed by atoms with Gasteiger partial charge in [-0.15, -0.1) is 4.28 Å². The molecule has 9 fully saturated rings. The molecule has 0 radical (unpaired) electrons. The summed E-state index contributed by atoms with van der Waals surface area (Å²) in [5.41, 5.74) is 2.17. The van der Waals surface area contributed by atoms with Crippen LogP contribution < -0.4 is 5.32 Å². The smallest absolute Gasteiger partial charge is 0.418 e. The van der Waals surface area contributed by atoms with Gasteiger partial charge in [-0.3, -0.25) is 9.76 Å². The minimum atomic E-state index is -4.98. The molecule has 2 aliphatic carbocycles. The van der Waals surface area contributed by atoms with Gasteiger partial charge >= 0.3 is 28.5 Å². The normalized spacial score (nSPS) is 24.6. The molecule has 10 heterocycles. The maximum Gasteiger partial charge on any atom is 0.418 e. The molecule has 88 heavy (non-hydrogen) atoms. The molecule has 6 bridgehead atoms. The summed E-state index contributed by atoms with van der Waals surface area (Å²) in [7, 11) is -9.71. The number of aryl methyl sites for hydroxylation is 3. The Morgan fingerprint density at radius 1 is 0.545 bits per heavy atom. The Morgan fingerprint density at radius 3 is 1.25 bits per heavy atom. The molecule has 0 spiro atoms. The number of carbonyl (C=O) groups is 3. The van der Waals surface area contributed by atoms with Crippen LogP contribution >= 0.6 is 0 Å². The summed E-state index contributed by atoms with van der Waals surface area (Å²) in [6, 6.07) is 2.74. The predicted molar refractivity (Wildman–Crippen MR) is 319 cm³/mol. The van der Waals surface area contributed by atoms with E-state index in [1.807, 2.05) is 18.2 Å². The molecule has 3 aromatic rings. The van der Waals surface area contributed by atoms with Gasteiger partial charge in [0.15, 0.2) is 0 Å². The molecule has 6 atom stereocenters. The summed E-state index contributed by atoms with van der Waals surface area (Å²) in [6.45, 7) is 18.3. The van der Waals surface area contributed by atoms with Crippen LogP contribution in [0.25, 0.3) is 0 Å². The molecule has 9 aliphatic rings. The van der Waals surface area contributed by atoms with Crippen molar-refractivity contribution in [2.24, 2.45) is 17.8 Å². The number of nitrogens with zero attached hydrogens (tertiary/aromatic N) is 10. The van der Waals surface area contributed by atoms with Crippen molar-refractivity contribution in [3.63, 3.8) is 0 Å². The Morgan fingerprint density at radius 2 is 0.909 bits per heavy atom. The van der Waals surface area contributed by atoms with E-state index in [1.54, 1.807) is 4.90 Å². The standard InChI is InChI=1S/C16H36N.C15H21N3O6S.C15H21N3O3.C14H20N4O6S/c1-5-9-13-17(14-10-6-2,15-11-7-3)16-12-8-4;19-15-17-9-11(18(15)24-25(20,21)22)5-7-14(17)13-8-12(23-16-13)6-4-10-2-1-3-10;19-15-17-9-11(18(15)20)5-7-14(17)13-8-12(21-16-13)6-4-10-2-1-3-10;19-14-17-8-10(18(14)24-25(20,21)22)2-4-13(17)12-5-11(23-16-12)3-1-9-6-15-7-9/h5-16H2,1-4H3;8,10-11,14H,1-7,9H2,(H,20,21,22);8,10-11,14,20H,1-7,9H2;5,9-10,13,15H,1-4,6-8H2,(H,20,21,22)/q+1;;;/p-1/t;2*11-,14+;10-,13+/m.111/s1. The first kappa shape index (κ1) is 67.5. The second-order valence-corrected chi connectivity index (χ2v) is 28.0. The Balaban J connectivity index is 0.000000141. The van der Waals surface area contributed by atoms with Gasteiger partial charge in [-0.2, -0.15) is 22.8 Å². The van der Waals surface area contributed by atoms with Gasteiger partial charge in [-0.1, -0.05) is 107 Å². The number of amides is 6. The average Bonchev–Trinajstić information content (AvgIpc) is 2.08. The average molecular weight is 1280 g/mol. The number of quaternary nitrogens is 1. The van der Waals surface area contributed by atoms with E-state index < -0.39 is 44.9 Å². The minimum absolute atomic E-state index is 0.0490. The second kappa shape index (κ2) is 30.9. The van der Waals surface area contributed by atoms with Crippen molar-refractivity contribution >= 4 is 38.9 Å². The monoisotopic (exact) mass is 1280 g/mol. The van der Waals surface area contributed by atoms with Crippen LogP contribution in [0, 0.1) is 17.8 Å². The second-order valence-electron chi connectivity index (χ2n) is 26.1. The van der Waals surface area contributed by atoms with Crippen LogP contribution in [0.15, 0.2) is 31.8 Å². The van der Waals surface area contributed by atoms with Crippen molar-refractivity contribution < 1.29 is 72.2 Å². The highest BCUT2D eigenvalue weighted by Crippen LogP contribution is 2.42. The van der Waals surface area contributed by atoms with Gasteiger partial charge in [0.2, 0.25) is 10.4 Å². The van der Waals surface area contributed by atoms with E-state index in [2.05, 4.69) is 57.0 Å². The van der Waals surface area contributed by atoms with Crippen molar-refractivity contribution in [3.8, 4) is 0 Å². The fourth-order valence-electron chi connectivity index (χ4n) is 13.8. The molecule has 26 nitrogen and oxygen atoms in total. The zero-order valence-corrected chi connectivity index (χ0v) is 53.8. The number of urea groups is 3.